The van der Waals surface area contributed by atoms with E-state index in [9.17, 15) is 13.2 Å². The number of amides is 1. The van der Waals surface area contributed by atoms with Crippen LogP contribution >= 0.6 is 0 Å². The highest BCUT2D eigenvalue weighted by Crippen LogP contribution is 2.58. The number of carbonyl (C=O) groups excluding carboxylic acids is 1. The summed E-state index contributed by atoms with van der Waals surface area (Å²) in [6.07, 6.45) is 0.414. The molecule has 6 heteroatoms. The van der Waals surface area contributed by atoms with Gasteiger partial charge in [0, 0.05) is 12.2 Å². The Bertz CT molecular complexity index is 1600. The summed E-state index contributed by atoms with van der Waals surface area (Å²) in [5.41, 5.74) is 4.67. The molecule has 1 saturated heterocycles. The van der Waals surface area contributed by atoms with E-state index < -0.39 is 21.5 Å². The summed E-state index contributed by atoms with van der Waals surface area (Å²) in [5, 5.41) is 0. The lowest BCUT2D eigenvalue weighted by molar-refractivity contribution is -0.124. The Hall–Kier alpha value is -3.74. The van der Waals surface area contributed by atoms with Crippen molar-refractivity contribution in [2.75, 3.05) is 11.4 Å². The maximum atomic E-state index is 14.6. The summed E-state index contributed by atoms with van der Waals surface area (Å²) < 4.78 is 29.8. The Kier molecular flexibility index (Phi) is 5.97. The molecule has 0 unspecified atom stereocenters. The van der Waals surface area contributed by atoms with E-state index in [-0.39, 0.29) is 17.3 Å². The van der Waals surface area contributed by atoms with Gasteiger partial charge in [0.15, 0.2) is 0 Å². The molecule has 0 aromatic heterocycles. The van der Waals surface area contributed by atoms with Crippen LogP contribution in [0, 0.1) is 13.8 Å². The molecule has 4 aromatic carbocycles. The van der Waals surface area contributed by atoms with E-state index in [1.54, 1.807) is 16.4 Å². The molecule has 0 bridgehead atoms. The zero-order valence-corrected chi connectivity index (χ0v) is 22.4. The standard InChI is InChI=1S/C32H30N2O3S/c1-23-12-16-26(17-13-23)30-32(20-21-34(30)38(36,37)27-18-14-24(2)15-19-27)28-10-6-7-11-29(28)33(31(32)35)22-25-8-4-3-5-9-25/h3-19,30H,20-22H2,1-2H3/t30-,32+/m1/s1. The Morgan fingerprint density at radius 1 is 0.789 bits per heavy atom. The molecule has 2 heterocycles. The number of rotatable bonds is 5. The second-order valence-electron chi connectivity index (χ2n) is 10.4. The molecule has 1 amide bonds. The maximum absolute atomic E-state index is 14.6. The number of hydrogen-bond acceptors (Lipinski definition) is 3. The number of anilines is 1. The highest BCUT2D eigenvalue weighted by Gasteiger charge is 2.62. The summed E-state index contributed by atoms with van der Waals surface area (Å²) in [5.74, 6) is -0.0465. The number of benzene rings is 4. The predicted molar refractivity (Wildman–Crippen MR) is 149 cm³/mol. The molecule has 5 nitrogen and oxygen atoms in total. The van der Waals surface area contributed by atoms with Crippen LogP contribution < -0.4 is 4.90 Å². The molecule has 0 radical (unpaired) electrons. The number of fused-ring (bicyclic) bond motifs is 2. The van der Waals surface area contributed by atoms with Gasteiger partial charge in [0.05, 0.1) is 22.9 Å². The third-order valence-corrected chi connectivity index (χ3v) is 9.87. The van der Waals surface area contributed by atoms with E-state index in [1.807, 2.05) is 110 Å². The van der Waals surface area contributed by atoms with E-state index in [1.165, 1.54) is 0 Å². The Morgan fingerprint density at radius 2 is 1.39 bits per heavy atom. The van der Waals surface area contributed by atoms with Crippen LogP contribution in [0.5, 0.6) is 0 Å². The van der Waals surface area contributed by atoms with Crippen molar-refractivity contribution in [1.82, 2.24) is 4.31 Å². The van der Waals surface area contributed by atoms with Crippen LogP contribution in [0.1, 0.15) is 40.3 Å². The number of nitrogens with zero attached hydrogens (tertiary/aromatic N) is 2. The van der Waals surface area contributed by atoms with Gasteiger partial charge in [-0.05, 0) is 55.2 Å². The quantitative estimate of drug-likeness (QED) is 0.327. The summed E-state index contributed by atoms with van der Waals surface area (Å²) >= 11 is 0. The molecule has 4 aromatic rings. The Balaban J connectivity index is 1.53. The minimum absolute atomic E-state index is 0.0465. The van der Waals surface area contributed by atoms with Crippen molar-refractivity contribution >= 4 is 21.6 Å². The van der Waals surface area contributed by atoms with Gasteiger partial charge in [-0.1, -0.05) is 96.1 Å². The van der Waals surface area contributed by atoms with Crippen molar-refractivity contribution in [1.29, 1.82) is 0 Å². The van der Waals surface area contributed by atoms with Gasteiger partial charge in [0.1, 0.15) is 0 Å². The Labute approximate surface area is 224 Å². The molecule has 1 spiro atoms. The fourth-order valence-electron chi connectivity index (χ4n) is 6.08. The molecule has 192 valence electrons. The van der Waals surface area contributed by atoms with Gasteiger partial charge >= 0.3 is 0 Å². The van der Waals surface area contributed by atoms with Crippen molar-refractivity contribution < 1.29 is 13.2 Å². The van der Waals surface area contributed by atoms with Crippen LogP contribution in [0.2, 0.25) is 0 Å². The van der Waals surface area contributed by atoms with Crippen LogP contribution in [-0.2, 0) is 26.8 Å². The number of carbonyl (C=O) groups is 1. The van der Waals surface area contributed by atoms with Crippen molar-refractivity contribution in [3.63, 3.8) is 0 Å². The molecule has 38 heavy (non-hydrogen) atoms. The van der Waals surface area contributed by atoms with Crippen LogP contribution in [0.3, 0.4) is 0 Å². The van der Waals surface area contributed by atoms with Crippen LogP contribution in [0.4, 0.5) is 5.69 Å². The summed E-state index contributed by atoms with van der Waals surface area (Å²) in [7, 11) is -3.87. The highest BCUT2D eigenvalue weighted by atomic mass is 32.2. The van der Waals surface area contributed by atoms with Crippen LogP contribution in [0.25, 0.3) is 0 Å². The predicted octanol–water partition coefficient (Wildman–Crippen LogP) is 5.92. The SMILES string of the molecule is Cc1ccc([C@H]2N(S(=O)(=O)c3ccc(C)cc3)CC[C@@]23C(=O)N(Cc2ccccc2)c2ccccc23)cc1. The van der Waals surface area contributed by atoms with Gasteiger partial charge in [-0.25, -0.2) is 8.42 Å². The first-order valence-electron chi connectivity index (χ1n) is 12.9. The molecular formula is C32H30N2O3S. The first-order chi connectivity index (χ1) is 18.3. The fraction of sp³-hybridized carbons (Fsp3) is 0.219. The number of para-hydroxylation sites is 1. The van der Waals surface area contributed by atoms with Gasteiger partial charge in [-0.3, -0.25) is 4.79 Å². The summed E-state index contributed by atoms with van der Waals surface area (Å²) in [6, 6.07) is 32.0. The van der Waals surface area contributed by atoms with Gasteiger partial charge < -0.3 is 4.90 Å². The average molecular weight is 523 g/mol. The van der Waals surface area contributed by atoms with E-state index in [0.29, 0.717) is 13.0 Å². The second kappa shape index (κ2) is 9.22. The molecule has 6 rings (SSSR count). The third-order valence-electron chi connectivity index (χ3n) is 7.99. The van der Waals surface area contributed by atoms with E-state index in [4.69, 9.17) is 0 Å². The number of sulfonamides is 1. The first-order valence-corrected chi connectivity index (χ1v) is 14.4. The van der Waals surface area contributed by atoms with E-state index >= 15 is 0 Å². The van der Waals surface area contributed by atoms with E-state index in [0.717, 1.165) is 33.5 Å². The molecular weight excluding hydrogens is 492 g/mol. The largest absolute Gasteiger partial charge is 0.307 e. The van der Waals surface area contributed by atoms with E-state index in [2.05, 4.69) is 0 Å². The lowest BCUT2D eigenvalue weighted by atomic mass is 9.73. The van der Waals surface area contributed by atoms with Crippen LogP contribution in [-0.4, -0.2) is 25.2 Å². The molecule has 2 aliphatic heterocycles. The monoisotopic (exact) mass is 522 g/mol. The maximum Gasteiger partial charge on any atom is 0.243 e. The van der Waals surface area contributed by atoms with Crippen molar-refractivity contribution in [3.05, 3.63) is 131 Å². The van der Waals surface area contributed by atoms with Gasteiger partial charge in [-0.15, -0.1) is 0 Å². The van der Waals surface area contributed by atoms with Crippen molar-refractivity contribution in [2.45, 2.75) is 43.2 Å². The Morgan fingerprint density at radius 3 is 2.08 bits per heavy atom. The zero-order valence-electron chi connectivity index (χ0n) is 21.5. The lowest BCUT2D eigenvalue weighted by Crippen LogP contribution is -2.45. The molecule has 2 aliphatic rings. The topological polar surface area (TPSA) is 57.7 Å². The fourth-order valence-corrected chi connectivity index (χ4v) is 7.74. The number of aryl methyl sites for hydroxylation is 2. The van der Waals surface area contributed by atoms with Gasteiger partial charge in [0.2, 0.25) is 15.9 Å². The molecule has 0 saturated carbocycles. The first kappa shape index (κ1) is 24.6. The summed E-state index contributed by atoms with van der Waals surface area (Å²) in [4.78, 5) is 16.7. The minimum Gasteiger partial charge on any atom is -0.307 e. The second-order valence-corrected chi connectivity index (χ2v) is 12.2. The third kappa shape index (κ3) is 3.79. The normalized spacial score (nSPS) is 21.3. The van der Waals surface area contributed by atoms with Gasteiger partial charge in [0.25, 0.3) is 0 Å². The smallest absolute Gasteiger partial charge is 0.243 e. The average Bonchev–Trinajstić information content (AvgIpc) is 3.44. The lowest BCUT2D eigenvalue weighted by Gasteiger charge is -2.34. The van der Waals surface area contributed by atoms with Crippen LogP contribution in [0.15, 0.2) is 108 Å². The summed E-state index contributed by atoms with van der Waals surface area (Å²) in [6.45, 7) is 4.64. The van der Waals surface area contributed by atoms with Crippen molar-refractivity contribution in [2.24, 2.45) is 0 Å². The molecule has 1 fully saturated rings. The van der Waals surface area contributed by atoms with Crippen molar-refractivity contribution in [3.8, 4) is 0 Å². The molecule has 0 aliphatic carbocycles. The zero-order chi connectivity index (χ0) is 26.5. The minimum atomic E-state index is -3.87. The number of hydrogen-bond donors (Lipinski definition) is 0. The molecule has 0 N–H and O–H groups in total. The highest BCUT2D eigenvalue weighted by molar-refractivity contribution is 7.89. The van der Waals surface area contributed by atoms with Gasteiger partial charge in [-0.2, -0.15) is 4.31 Å². The molecule has 2 atom stereocenters.